The fourth-order valence-corrected chi connectivity index (χ4v) is 3.94. The molecule has 5 nitrogen and oxygen atoms in total. The number of hydrogen-bond acceptors (Lipinski definition) is 4. The molecule has 3 rings (SSSR count). The van der Waals surface area contributed by atoms with Crippen LogP contribution in [-0.4, -0.2) is 33.2 Å². The van der Waals surface area contributed by atoms with Crippen molar-refractivity contribution < 1.29 is 14.3 Å². The van der Waals surface area contributed by atoms with Gasteiger partial charge in [-0.2, -0.15) is 0 Å². The second kappa shape index (κ2) is 10.3. The number of ether oxygens (including phenoxy) is 2. The molecule has 2 aromatic rings. The Hall–Kier alpha value is -2.53. The van der Waals surface area contributed by atoms with Gasteiger partial charge in [0.25, 0.3) is 0 Å². The Morgan fingerprint density at radius 3 is 2.66 bits per heavy atom. The Morgan fingerprint density at radius 2 is 1.97 bits per heavy atom. The molecule has 2 aromatic carbocycles. The molecular weight excluding hydrogens is 364 g/mol. The minimum absolute atomic E-state index is 0.102. The van der Waals surface area contributed by atoms with Crippen LogP contribution in [0.3, 0.4) is 0 Å². The van der Waals surface area contributed by atoms with E-state index < -0.39 is 0 Å². The number of carbonyl (C=O) groups excluding carboxylic acids is 1. The van der Waals surface area contributed by atoms with E-state index in [1.165, 1.54) is 11.1 Å². The van der Waals surface area contributed by atoms with E-state index in [0.717, 1.165) is 37.9 Å². The van der Waals surface area contributed by atoms with E-state index in [9.17, 15) is 4.79 Å². The van der Waals surface area contributed by atoms with Gasteiger partial charge < -0.3 is 20.1 Å². The Morgan fingerprint density at radius 1 is 1.17 bits per heavy atom. The SMILES string of the molecule is COc1ccc(C(Cc2ccccc2C)NC(=O)CCC2CCNC2)cc1OC. The summed E-state index contributed by atoms with van der Waals surface area (Å²) in [5, 5.41) is 6.63. The van der Waals surface area contributed by atoms with Crippen molar-refractivity contribution in [3.8, 4) is 11.5 Å². The molecular formula is C24H32N2O3. The van der Waals surface area contributed by atoms with Crippen molar-refractivity contribution in [1.82, 2.24) is 10.6 Å². The minimum atomic E-state index is -0.120. The van der Waals surface area contributed by atoms with Crippen LogP contribution in [0.25, 0.3) is 0 Å². The molecule has 2 unspecified atom stereocenters. The van der Waals surface area contributed by atoms with Crippen LogP contribution in [0.5, 0.6) is 11.5 Å². The van der Waals surface area contributed by atoms with Crippen LogP contribution in [0.15, 0.2) is 42.5 Å². The number of hydrogen-bond donors (Lipinski definition) is 2. The molecule has 1 aliphatic heterocycles. The van der Waals surface area contributed by atoms with E-state index in [0.29, 0.717) is 23.8 Å². The fourth-order valence-electron chi connectivity index (χ4n) is 3.94. The van der Waals surface area contributed by atoms with E-state index >= 15 is 0 Å². The smallest absolute Gasteiger partial charge is 0.220 e. The van der Waals surface area contributed by atoms with Gasteiger partial charge in [-0.25, -0.2) is 0 Å². The Balaban J connectivity index is 1.77. The predicted octanol–water partition coefficient (Wildman–Crippen LogP) is 3.80. The normalized spacial score (nSPS) is 17.0. The molecule has 2 atom stereocenters. The van der Waals surface area contributed by atoms with E-state index in [1.54, 1.807) is 14.2 Å². The first-order chi connectivity index (χ1) is 14.1. The molecule has 1 fully saturated rings. The number of amides is 1. The van der Waals surface area contributed by atoms with Crippen molar-refractivity contribution in [3.05, 3.63) is 59.2 Å². The van der Waals surface area contributed by atoms with Gasteiger partial charge in [0.1, 0.15) is 0 Å². The van der Waals surface area contributed by atoms with Crippen LogP contribution in [0.1, 0.15) is 42.0 Å². The summed E-state index contributed by atoms with van der Waals surface area (Å²) < 4.78 is 10.8. The first-order valence-electron chi connectivity index (χ1n) is 10.4. The second-order valence-electron chi connectivity index (χ2n) is 7.76. The average molecular weight is 397 g/mol. The lowest BCUT2D eigenvalue weighted by molar-refractivity contribution is -0.122. The quantitative estimate of drug-likeness (QED) is 0.677. The fraction of sp³-hybridized carbons (Fsp3) is 0.458. The molecule has 0 radical (unpaired) electrons. The number of nitrogens with one attached hydrogen (secondary N) is 2. The van der Waals surface area contributed by atoms with E-state index in [2.05, 4.69) is 29.7 Å². The molecule has 5 heteroatoms. The molecule has 156 valence electrons. The van der Waals surface area contributed by atoms with Crippen LogP contribution in [0.2, 0.25) is 0 Å². The lowest BCUT2D eigenvalue weighted by atomic mass is 9.95. The maximum absolute atomic E-state index is 12.7. The van der Waals surface area contributed by atoms with Gasteiger partial charge in [0.15, 0.2) is 11.5 Å². The maximum Gasteiger partial charge on any atom is 0.220 e. The highest BCUT2D eigenvalue weighted by atomic mass is 16.5. The predicted molar refractivity (Wildman–Crippen MR) is 116 cm³/mol. The topological polar surface area (TPSA) is 59.6 Å². The van der Waals surface area contributed by atoms with Crippen molar-refractivity contribution in [3.63, 3.8) is 0 Å². The van der Waals surface area contributed by atoms with Crippen LogP contribution >= 0.6 is 0 Å². The minimum Gasteiger partial charge on any atom is -0.493 e. The molecule has 1 saturated heterocycles. The molecule has 2 N–H and O–H groups in total. The summed E-state index contributed by atoms with van der Waals surface area (Å²) in [5.74, 6) is 2.07. The molecule has 1 amide bonds. The van der Waals surface area contributed by atoms with Crippen molar-refractivity contribution in [2.24, 2.45) is 5.92 Å². The molecule has 0 aromatic heterocycles. The lowest BCUT2D eigenvalue weighted by Gasteiger charge is -2.22. The van der Waals surface area contributed by atoms with Gasteiger partial charge in [-0.15, -0.1) is 0 Å². The van der Waals surface area contributed by atoms with Crippen molar-refractivity contribution in [2.75, 3.05) is 27.3 Å². The highest BCUT2D eigenvalue weighted by molar-refractivity contribution is 5.76. The Kier molecular flexibility index (Phi) is 7.53. The number of methoxy groups -OCH3 is 2. The van der Waals surface area contributed by atoms with Gasteiger partial charge in [0.05, 0.1) is 20.3 Å². The molecule has 1 aliphatic rings. The maximum atomic E-state index is 12.7. The van der Waals surface area contributed by atoms with Gasteiger partial charge in [0, 0.05) is 6.42 Å². The van der Waals surface area contributed by atoms with Crippen LogP contribution < -0.4 is 20.1 Å². The highest BCUT2D eigenvalue weighted by Gasteiger charge is 2.20. The summed E-state index contributed by atoms with van der Waals surface area (Å²) in [6.07, 6.45) is 3.39. The standard InChI is InChI=1S/C24H32N2O3/c1-17-6-4-5-7-19(17)14-21(20-9-10-22(28-2)23(15-20)29-3)26-24(27)11-8-18-12-13-25-16-18/h4-7,9-10,15,18,21,25H,8,11-14,16H2,1-3H3,(H,26,27). The summed E-state index contributed by atoms with van der Waals surface area (Å²) >= 11 is 0. The zero-order chi connectivity index (χ0) is 20.6. The third-order valence-corrected chi connectivity index (χ3v) is 5.77. The summed E-state index contributed by atoms with van der Waals surface area (Å²) in [5.41, 5.74) is 3.47. The zero-order valence-electron chi connectivity index (χ0n) is 17.7. The number of benzene rings is 2. The van der Waals surface area contributed by atoms with Gasteiger partial charge >= 0.3 is 0 Å². The third kappa shape index (κ3) is 5.73. The molecule has 1 heterocycles. The molecule has 0 saturated carbocycles. The molecule has 0 spiro atoms. The Bertz CT molecular complexity index is 816. The van der Waals surface area contributed by atoms with Crippen molar-refractivity contribution >= 4 is 5.91 Å². The zero-order valence-corrected chi connectivity index (χ0v) is 17.7. The number of aryl methyl sites for hydroxylation is 1. The van der Waals surface area contributed by atoms with Crippen molar-refractivity contribution in [1.29, 1.82) is 0 Å². The monoisotopic (exact) mass is 396 g/mol. The number of carbonyl (C=O) groups is 1. The number of rotatable bonds is 9. The van der Waals surface area contributed by atoms with Gasteiger partial charge in [-0.3, -0.25) is 4.79 Å². The highest BCUT2D eigenvalue weighted by Crippen LogP contribution is 2.31. The third-order valence-electron chi connectivity index (χ3n) is 5.77. The summed E-state index contributed by atoms with van der Waals surface area (Å²) in [7, 11) is 3.26. The van der Waals surface area contributed by atoms with Gasteiger partial charge in [-0.1, -0.05) is 30.3 Å². The van der Waals surface area contributed by atoms with Crippen LogP contribution in [0, 0.1) is 12.8 Å². The largest absolute Gasteiger partial charge is 0.493 e. The summed E-state index contributed by atoms with van der Waals surface area (Å²) in [6.45, 7) is 4.19. The first kappa shape index (κ1) is 21.2. The van der Waals surface area contributed by atoms with Gasteiger partial charge in [0.2, 0.25) is 5.91 Å². The van der Waals surface area contributed by atoms with Crippen LogP contribution in [-0.2, 0) is 11.2 Å². The molecule has 0 aliphatic carbocycles. The van der Waals surface area contributed by atoms with E-state index in [-0.39, 0.29) is 11.9 Å². The van der Waals surface area contributed by atoms with Crippen LogP contribution in [0.4, 0.5) is 0 Å². The second-order valence-corrected chi connectivity index (χ2v) is 7.76. The summed E-state index contributed by atoms with van der Waals surface area (Å²) in [6, 6.07) is 14.1. The molecule has 29 heavy (non-hydrogen) atoms. The van der Waals surface area contributed by atoms with E-state index in [1.807, 2.05) is 30.3 Å². The lowest BCUT2D eigenvalue weighted by Crippen LogP contribution is -2.30. The van der Waals surface area contributed by atoms with E-state index in [4.69, 9.17) is 9.47 Å². The van der Waals surface area contributed by atoms with Gasteiger partial charge in [-0.05, 0) is 74.0 Å². The Labute approximate surface area is 173 Å². The van der Waals surface area contributed by atoms with Crippen molar-refractivity contribution in [2.45, 2.75) is 38.6 Å². The first-order valence-corrected chi connectivity index (χ1v) is 10.4. The molecule has 0 bridgehead atoms. The average Bonchev–Trinajstić information content (AvgIpc) is 3.26. The summed E-state index contributed by atoms with van der Waals surface area (Å²) in [4.78, 5) is 12.7.